The summed E-state index contributed by atoms with van der Waals surface area (Å²) in [6, 6.07) is 6.81. The Labute approximate surface area is 135 Å². The van der Waals surface area contributed by atoms with Gasteiger partial charge in [0.05, 0.1) is 10.6 Å². The summed E-state index contributed by atoms with van der Waals surface area (Å²) in [6.45, 7) is 3.50. The van der Waals surface area contributed by atoms with Gasteiger partial charge in [0, 0.05) is 17.6 Å². The number of rotatable bonds is 5. The largest absolute Gasteiger partial charge is 0.378 e. The van der Waals surface area contributed by atoms with E-state index in [4.69, 9.17) is 0 Å². The van der Waals surface area contributed by atoms with Crippen LogP contribution in [0.15, 0.2) is 33.6 Å². The molecule has 4 nitrogen and oxygen atoms in total. The topological polar surface area (TPSA) is 57.6 Å². The molecule has 1 aromatic carbocycles. The molecule has 118 valence electrons. The van der Waals surface area contributed by atoms with Crippen LogP contribution >= 0.6 is 15.9 Å². The van der Waals surface area contributed by atoms with Gasteiger partial charge in [-0.25, -0.2) is 8.42 Å². The molecule has 1 aromatic rings. The summed E-state index contributed by atoms with van der Waals surface area (Å²) in [4.78, 5) is 2.42. The van der Waals surface area contributed by atoms with E-state index in [1.807, 2.05) is 11.8 Å². The summed E-state index contributed by atoms with van der Waals surface area (Å²) in [5.41, 5.74) is 0. The van der Waals surface area contributed by atoms with Gasteiger partial charge in [-0.2, -0.15) is 0 Å². The van der Waals surface area contributed by atoms with Crippen molar-refractivity contribution in [3.05, 3.63) is 28.7 Å². The number of nitrogens with zero attached hydrogens (tertiary/aromatic N) is 1. The Morgan fingerprint density at radius 2 is 1.86 bits per heavy atom. The second-order valence-corrected chi connectivity index (χ2v) is 8.55. The summed E-state index contributed by atoms with van der Waals surface area (Å²) in [5.74, 6) is 0.379. The summed E-state index contributed by atoms with van der Waals surface area (Å²) in [6.07, 6.45) is 1.97. The van der Waals surface area contributed by atoms with Gasteiger partial charge in [-0.05, 0) is 49.4 Å². The van der Waals surface area contributed by atoms with Crippen molar-refractivity contribution in [1.29, 1.82) is 0 Å². The maximum atomic E-state index is 12.4. The lowest BCUT2D eigenvalue weighted by Crippen LogP contribution is -2.42. The summed E-state index contributed by atoms with van der Waals surface area (Å²) >= 11 is 3.31. The maximum Gasteiger partial charge on any atom is 0.178 e. The SMILES string of the molecule is CCC(O)N1CCC(CS(=O)(=O)c2ccc(Br)cc2)CC1. The van der Waals surface area contributed by atoms with Crippen LogP contribution in [-0.2, 0) is 9.84 Å². The minimum Gasteiger partial charge on any atom is -0.378 e. The third-order valence-electron chi connectivity index (χ3n) is 4.06. The van der Waals surface area contributed by atoms with Gasteiger partial charge in [0.25, 0.3) is 0 Å². The number of hydrogen-bond acceptors (Lipinski definition) is 4. The van der Waals surface area contributed by atoms with E-state index in [9.17, 15) is 13.5 Å². The molecule has 21 heavy (non-hydrogen) atoms. The zero-order valence-corrected chi connectivity index (χ0v) is 14.6. The van der Waals surface area contributed by atoms with Crippen LogP contribution in [0.5, 0.6) is 0 Å². The first-order valence-electron chi connectivity index (χ1n) is 7.33. The van der Waals surface area contributed by atoms with E-state index in [0.717, 1.165) is 30.4 Å². The first-order chi connectivity index (χ1) is 9.92. The number of piperidine rings is 1. The first kappa shape index (κ1) is 16.9. The van der Waals surface area contributed by atoms with Gasteiger partial charge in [0.2, 0.25) is 0 Å². The van der Waals surface area contributed by atoms with E-state index in [1.54, 1.807) is 24.3 Å². The van der Waals surface area contributed by atoms with Crippen LogP contribution in [0.25, 0.3) is 0 Å². The molecule has 0 bridgehead atoms. The smallest absolute Gasteiger partial charge is 0.178 e. The molecule has 0 aromatic heterocycles. The Morgan fingerprint density at radius 1 is 1.29 bits per heavy atom. The second-order valence-electron chi connectivity index (χ2n) is 5.60. The predicted molar refractivity (Wildman–Crippen MR) is 86.8 cm³/mol. The molecule has 1 heterocycles. The number of hydrogen-bond donors (Lipinski definition) is 1. The summed E-state index contributed by atoms with van der Waals surface area (Å²) < 4.78 is 25.7. The molecule has 1 saturated heterocycles. The zero-order chi connectivity index (χ0) is 15.5. The third-order valence-corrected chi connectivity index (χ3v) is 6.49. The lowest BCUT2D eigenvalue weighted by molar-refractivity contribution is -0.0170. The van der Waals surface area contributed by atoms with Gasteiger partial charge in [-0.3, -0.25) is 4.90 Å². The predicted octanol–water partition coefficient (Wildman–Crippen LogP) is 2.66. The highest BCUT2D eigenvalue weighted by atomic mass is 79.9. The van der Waals surface area contributed by atoms with Crippen LogP contribution in [-0.4, -0.2) is 43.5 Å². The lowest BCUT2D eigenvalue weighted by Gasteiger charge is -2.34. The molecule has 0 aliphatic carbocycles. The van der Waals surface area contributed by atoms with Crippen molar-refractivity contribution in [2.75, 3.05) is 18.8 Å². The van der Waals surface area contributed by atoms with E-state index in [-0.39, 0.29) is 11.7 Å². The highest BCUT2D eigenvalue weighted by molar-refractivity contribution is 9.10. The molecule has 0 spiro atoms. The monoisotopic (exact) mass is 375 g/mol. The number of sulfone groups is 1. The maximum absolute atomic E-state index is 12.4. The second kappa shape index (κ2) is 7.22. The van der Waals surface area contributed by atoms with Crippen molar-refractivity contribution in [1.82, 2.24) is 4.90 Å². The average Bonchev–Trinajstić information content (AvgIpc) is 2.47. The zero-order valence-electron chi connectivity index (χ0n) is 12.2. The Kier molecular flexibility index (Phi) is 5.82. The Balaban J connectivity index is 1.95. The minimum absolute atomic E-state index is 0.180. The van der Waals surface area contributed by atoms with Crippen LogP contribution in [0.2, 0.25) is 0 Å². The highest BCUT2D eigenvalue weighted by Gasteiger charge is 2.27. The van der Waals surface area contributed by atoms with Gasteiger partial charge in [0.1, 0.15) is 6.23 Å². The molecule has 0 amide bonds. The van der Waals surface area contributed by atoms with E-state index < -0.39 is 16.1 Å². The van der Waals surface area contributed by atoms with Crippen LogP contribution in [0.3, 0.4) is 0 Å². The fourth-order valence-corrected chi connectivity index (χ4v) is 4.69. The molecule has 1 unspecified atom stereocenters. The number of benzene rings is 1. The van der Waals surface area contributed by atoms with Gasteiger partial charge in [-0.1, -0.05) is 22.9 Å². The van der Waals surface area contributed by atoms with E-state index in [1.165, 1.54) is 0 Å². The van der Waals surface area contributed by atoms with Crippen molar-refractivity contribution < 1.29 is 13.5 Å². The molecule has 1 atom stereocenters. The lowest BCUT2D eigenvalue weighted by atomic mass is 9.98. The summed E-state index contributed by atoms with van der Waals surface area (Å²) in [5, 5.41) is 9.81. The van der Waals surface area contributed by atoms with Gasteiger partial charge < -0.3 is 5.11 Å². The van der Waals surface area contributed by atoms with E-state index >= 15 is 0 Å². The standard InChI is InChI=1S/C15H22BrNO3S/c1-2-15(18)17-9-7-12(8-10-17)11-21(19,20)14-5-3-13(16)4-6-14/h3-6,12,15,18H,2,7-11H2,1H3. The van der Waals surface area contributed by atoms with Crippen molar-refractivity contribution in [3.8, 4) is 0 Å². The Morgan fingerprint density at radius 3 is 2.38 bits per heavy atom. The van der Waals surface area contributed by atoms with Crippen molar-refractivity contribution in [2.45, 2.75) is 37.3 Å². The van der Waals surface area contributed by atoms with Gasteiger partial charge in [0.15, 0.2) is 9.84 Å². The minimum atomic E-state index is -3.22. The number of halogens is 1. The molecule has 2 rings (SSSR count). The molecule has 1 aliphatic rings. The molecule has 1 N–H and O–H groups in total. The van der Waals surface area contributed by atoms with Crippen LogP contribution in [0, 0.1) is 5.92 Å². The van der Waals surface area contributed by atoms with Crippen molar-refractivity contribution >= 4 is 25.8 Å². The van der Waals surface area contributed by atoms with Crippen LogP contribution in [0.1, 0.15) is 26.2 Å². The first-order valence-corrected chi connectivity index (χ1v) is 9.77. The van der Waals surface area contributed by atoms with Gasteiger partial charge >= 0.3 is 0 Å². The van der Waals surface area contributed by atoms with Crippen LogP contribution in [0.4, 0.5) is 0 Å². The molecule has 1 aliphatic heterocycles. The van der Waals surface area contributed by atoms with Crippen molar-refractivity contribution in [2.24, 2.45) is 5.92 Å². The summed E-state index contributed by atoms with van der Waals surface area (Å²) in [7, 11) is -3.22. The van der Waals surface area contributed by atoms with Crippen LogP contribution < -0.4 is 0 Å². The van der Waals surface area contributed by atoms with Gasteiger partial charge in [-0.15, -0.1) is 0 Å². The normalized spacial score (nSPS) is 19.6. The molecule has 6 heteroatoms. The van der Waals surface area contributed by atoms with E-state index in [0.29, 0.717) is 11.3 Å². The molecular weight excluding hydrogens is 354 g/mol. The Hall–Kier alpha value is -0.430. The third kappa shape index (κ3) is 4.52. The molecule has 0 saturated carbocycles. The molecular formula is C15H22BrNO3S. The number of aliphatic hydroxyl groups is 1. The molecule has 0 radical (unpaired) electrons. The quantitative estimate of drug-likeness (QED) is 0.859. The fraction of sp³-hybridized carbons (Fsp3) is 0.600. The number of aliphatic hydroxyl groups excluding tert-OH is 1. The Bertz CT molecular complexity index is 551. The van der Waals surface area contributed by atoms with Crippen molar-refractivity contribution in [3.63, 3.8) is 0 Å². The molecule has 1 fully saturated rings. The van der Waals surface area contributed by atoms with E-state index in [2.05, 4.69) is 15.9 Å². The average molecular weight is 376 g/mol. The highest BCUT2D eigenvalue weighted by Crippen LogP contribution is 2.24. The number of likely N-dealkylation sites (tertiary alicyclic amines) is 1. The fourth-order valence-electron chi connectivity index (χ4n) is 2.72.